The highest BCUT2D eigenvalue weighted by molar-refractivity contribution is 7.80. The molecule has 0 spiro atoms. The van der Waals surface area contributed by atoms with Crippen molar-refractivity contribution in [3.05, 3.63) is 52.5 Å². The van der Waals surface area contributed by atoms with E-state index in [4.69, 9.17) is 40.2 Å². The maximum Gasteiger partial charge on any atom is 0.173 e. The topological polar surface area (TPSA) is 27.7 Å². The van der Waals surface area contributed by atoms with Gasteiger partial charge in [-0.15, -0.1) is 0 Å². The van der Waals surface area contributed by atoms with Crippen molar-refractivity contribution in [1.82, 2.24) is 4.90 Å². The van der Waals surface area contributed by atoms with Gasteiger partial charge in [0.15, 0.2) is 5.11 Å². The molecule has 1 aliphatic heterocycles. The van der Waals surface area contributed by atoms with Crippen LogP contribution in [0.1, 0.15) is 6.92 Å². The lowest BCUT2D eigenvalue weighted by Crippen LogP contribution is -2.54. The highest BCUT2D eigenvalue weighted by atomic mass is 35.5. The summed E-state index contributed by atoms with van der Waals surface area (Å²) in [6.45, 7) is 4.80. The van der Waals surface area contributed by atoms with Crippen LogP contribution in [0.3, 0.4) is 0 Å². The van der Waals surface area contributed by atoms with Gasteiger partial charge in [0.1, 0.15) is 5.75 Å². The van der Waals surface area contributed by atoms with Gasteiger partial charge in [0.05, 0.1) is 17.2 Å². The SMILES string of the molecule is COc1ccc(N2CCN(C(=S)Nc3ccc(Cl)c(Cl)c3)CC2C)cc1. The lowest BCUT2D eigenvalue weighted by molar-refractivity contribution is 0.342. The minimum Gasteiger partial charge on any atom is -0.497 e. The van der Waals surface area contributed by atoms with Crippen molar-refractivity contribution in [2.24, 2.45) is 0 Å². The number of thiocarbonyl (C=S) groups is 1. The standard InChI is InChI=1S/C19H21Cl2N3OS/c1-13-12-23(19(26)22-14-3-8-17(20)18(21)11-14)9-10-24(13)15-4-6-16(25-2)7-5-15/h3-8,11,13H,9-10,12H2,1-2H3,(H,22,26). The summed E-state index contributed by atoms with van der Waals surface area (Å²) >= 11 is 17.6. The Morgan fingerprint density at radius 3 is 2.46 bits per heavy atom. The molecule has 0 aromatic heterocycles. The molecule has 1 aliphatic rings. The van der Waals surface area contributed by atoms with Crippen LogP contribution in [-0.4, -0.2) is 42.8 Å². The molecule has 138 valence electrons. The molecule has 1 N–H and O–H groups in total. The second-order valence-corrected chi connectivity index (χ2v) is 7.45. The van der Waals surface area contributed by atoms with Gasteiger partial charge in [-0.2, -0.15) is 0 Å². The van der Waals surface area contributed by atoms with Crippen LogP contribution >= 0.6 is 35.4 Å². The van der Waals surface area contributed by atoms with E-state index in [-0.39, 0.29) is 0 Å². The van der Waals surface area contributed by atoms with E-state index in [0.717, 1.165) is 31.1 Å². The van der Waals surface area contributed by atoms with E-state index < -0.39 is 0 Å². The molecule has 2 aromatic rings. The Morgan fingerprint density at radius 1 is 1.12 bits per heavy atom. The molecule has 2 aromatic carbocycles. The molecule has 0 amide bonds. The average molecular weight is 410 g/mol. The fraction of sp³-hybridized carbons (Fsp3) is 0.316. The van der Waals surface area contributed by atoms with Gasteiger partial charge in [0, 0.05) is 37.1 Å². The molecule has 4 nitrogen and oxygen atoms in total. The van der Waals surface area contributed by atoms with Crippen molar-refractivity contribution in [3.63, 3.8) is 0 Å². The van der Waals surface area contributed by atoms with Crippen LogP contribution in [0.2, 0.25) is 10.0 Å². The Bertz CT molecular complexity index is 785. The highest BCUT2D eigenvalue weighted by Gasteiger charge is 2.25. The van der Waals surface area contributed by atoms with E-state index in [0.29, 0.717) is 21.2 Å². The minimum atomic E-state index is 0.339. The van der Waals surface area contributed by atoms with Crippen LogP contribution in [0, 0.1) is 0 Å². The summed E-state index contributed by atoms with van der Waals surface area (Å²) in [5.41, 5.74) is 2.04. The third-order valence-electron chi connectivity index (χ3n) is 4.49. The summed E-state index contributed by atoms with van der Waals surface area (Å²) in [4.78, 5) is 4.57. The zero-order chi connectivity index (χ0) is 18.7. The van der Waals surface area contributed by atoms with Gasteiger partial charge >= 0.3 is 0 Å². The van der Waals surface area contributed by atoms with Gasteiger partial charge in [0.2, 0.25) is 0 Å². The Hall–Kier alpha value is -1.69. The monoisotopic (exact) mass is 409 g/mol. The highest BCUT2D eigenvalue weighted by Crippen LogP contribution is 2.26. The predicted octanol–water partition coefficient (Wildman–Crippen LogP) is 4.91. The maximum absolute atomic E-state index is 6.07. The second kappa shape index (κ2) is 8.33. The summed E-state index contributed by atoms with van der Waals surface area (Å²) in [5.74, 6) is 0.868. The number of halogens is 2. The lowest BCUT2D eigenvalue weighted by Gasteiger charge is -2.42. The van der Waals surface area contributed by atoms with Crippen LogP contribution in [0.5, 0.6) is 5.75 Å². The lowest BCUT2D eigenvalue weighted by atomic mass is 10.1. The summed E-state index contributed by atoms with van der Waals surface area (Å²) in [5, 5.41) is 4.99. The first-order chi connectivity index (χ1) is 12.5. The number of ether oxygens (including phenoxy) is 1. The third kappa shape index (κ3) is 4.34. The maximum atomic E-state index is 6.07. The van der Waals surface area contributed by atoms with Gasteiger partial charge < -0.3 is 19.9 Å². The number of hydrogen-bond donors (Lipinski definition) is 1. The van der Waals surface area contributed by atoms with Crippen LogP contribution in [0.15, 0.2) is 42.5 Å². The second-order valence-electron chi connectivity index (χ2n) is 6.25. The van der Waals surface area contributed by atoms with Gasteiger partial charge in [-0.3, -0.25) is 0 Å². The zero-order valence-corrected chi connectivity index (χ0v) is 17.0. The summed E-state index contributed by atoms with van der Waals surface area (Å²) in [7, 11) is 1.68. The van der Waals surface area contributed by atoms with Gasteiger partial charge in [-0.05, 0) is 61.6 Å². The molecule has 1 atom stereocenters. The molecule has 0 bridgehead atoms. The number of anilines is 2. The molecule has 3 rings (SSSR count). The van der Waals surface area contributed by atoms with E-state index in [1.165, 1.54) is 5.69 Å². The molecule has 7 heteroatoms. The Kier molecular flexibility index (Phi) is 6.12. The van der Waals surface area contributed by atoms with Gasteiger partial charge in [0.25, 0.3) is 0 Å². The fourth-order valence-corrected chi connectivity index (χ4v) is 3.66. The number of hydrogen-bond acceptors (Lipinski definition) is 3. The molecule has 1 fully saturated rings. The summed E-state index contributed by atoms with van der Waals surface area (Å²) in [6.07, 6.45) is 0. The molecule has 1 unspecified atom stereocenters. The Morgan fingerprint density at radius 2 is 1.85 bits per heavy atom. The normalized spacial score (nSPS) is 17.2. The van der Waals surface area contributed by atoms with Crippen LogP contribution in [-0.2, 0) is 0 Å². The number of methoxy groups -OCH3 is 1. The Labute approximate surface area is 169 Å². The van der Waals surface area contributed by atoms with Crippen molar-refractivity contribution < 1.29 is 4.74 Å². The number of rotatable bonds is 3. The van der Waals surface area contributed by atoms with E-state index >= 15 is 0 Å². The van der Waals surface area contributed by atoms with Crippen molar-refractivity contribution >= 4 is 51.9 Å². The van der Waals surface area contributed by atoms with Crippen molar-refractivity contribution in [2.75, 3.05) is 37.0 Å². The quantitative estimate of drug-likeness (QED) is 0.726. The molecule has 0 radical (unpaired) electrons. The first-order valence-electron chi connectivity index (χ1n) is 8.39. The largest absolute Gasteiger partial charge is 0.497 e. The van der Waals surface area contributed by atoms with Crippen molar-refractivity contribution in [3.8, 4) is 5.75 Å². The fourth-order valence-electron chi connectivity index (χ4n) is 3.08. The molecule has 26 heavy (non-hydrogen) atoms. The van der Waals surface area contributed by atoms with Crippen molar-refractivity contribution in [2.45, 2.75) is 13.0 Å². The average Bonchev–Trinajstić information content (AvgIpc) is 2.65. The van der Waals surface area contributed by atoms with Crippen LogP contribution in [0.4, 0.5) is 11.4 Å². The first-order valence-corrected chi connectivity index (χ1v) is 9.56. The summed E-state index contributed by atoms with van der Waals surface area (Å²) < 4.78 is 5.23. The van der Waals surface area contributed by atoms with Crippen molar-refractivity contribution in [1.29, 1.82) is 0 Å². The van der Waals surface area contributed by atoms with Gasteiger partial charge in [-0.25, -0.2) is 0 Å². The molecule has 1 saturated heterocycles. The number of piperazine rings is 1. The van der Waals surface area contributed by atoms with E-state index in [9.17, 15) is 0 Å². The molecule has 1 heterocycles. The molecule has 0 aliphatic carbocycles. The smallest absolute Gasteiger partial charge is 0.173 e. The first kappa shape index (κ1) is 19.1. The number of nitrogens with zero attached hydrogens (tertiary/aromatic N) is 2. The molecular formula is C19H21Cl2N3OS. The molecular weight excluding hydrogens is 389 g/mol. The van der Waals surface area contributed by atoms with E-state index in [1.807, 2.05) is 18.2 Å². The Balaban J connectivity index is 1.61. The zero-order valence-electron chi connectivity index (χ0n) is 14.7. The van der Waals surface area contributed by atoms with E-state index in [2.05, 4.69) is 34.2 Å². The number of benzene rings is 2. The number of nitrogens with one attached hydrogen (secondary N) is 1. The molecule has 0 saturated carbocycles. The van der Waals surface area contributed by atoms with E-state index in [1.54, 1.807) is 19.2 Å². The van der Waals surface area contributed by atoms with Gasteiger partial charge in [-0.1, -0.05) is 23.2 Å². The summed E-state index contributed by atoms with van der Waals surface area (Å²) in [6, 6.07) is 13.9. The predicted molar refractivity (Wildman–Crippen MR) is 114 cm³/mol. The van der Waals surface area contributed by atoms with Crippen LogP contribution in [0.25, 0.3) is 0 Å². The minimum absolute atomic E-state index is 0.339. The third-order valence-corrected chi connectivity index (χ3v) is 5.59. The van der Waals surface area contributed by atoms with Crippen LogP contribution < -0.4 is 15.0 Å².